The highest BCUT2D eigenvalue weighted by molar-refractivity contribution is 6.30. The number of fused-ring (bicyclic) bond motifs is 1. The van der Waals surface area contributed by atoms with Gasteiger partial charge in [-0.05, 0) is 18.9 Å². The Kier molecular flexibility index (Phi) is 3.44. The molecule has 2 unspecified atom stereocenters. The number of amides is 1. The molecule has 4 nitrogen and oxygen atoms in total. The van der Waals surface area contributed by atoms with Gasteiger partial charge in [0.2, 0.25) is 5.91 Å². The van der Waals surface area contributed by atoms with Crippen molar-refractivity contribution in [2.75, 3.05) is 6.61 Å². The number of benzene rings is 1. The van der Waals surface area contributed by atoms with Crippen molar-refractivity contribution in [3.8, 4) is 0 Å². The molecule has 20 heavy (non-hydrogen) atoms. The van der Waals surface area contributed by atoms with Gasteiger partial charge in [0.15, 0.2) is 0 Å². The van der Waals surface area contributed by atoms with Crippen molar-refractivity contribution in [3.05, 3.63) is 34.6 Å². The van der Waals surface area contributed by atoms with Crippen LogP contribution in [0, 0.1) is 11.2 Å². The first-order valence-corrected chi connectivity index (χ1v) is 7.01. The highest BCUT2D eigenvalue weighted by atomic mass is 35.5. The molecule has 1 heterocycles. The molecule has 1 aliphatic carbocycles. The summed E-state index contributed by atoms with van der Waals surface area (Å²) in [7, 11) is 0. The maximum atomic E-state index is 13.7. The maximum Gasteiger partial charge on any atom is 0.237 e. The van der Waals surface area contributed by atoms with Crippen LogP contribution in [0.5, 0.6) is 0 Å². The zero-order valence-corrected chi connectivity index (χ0v) is 11.6. The van der Waals surface area contributed by atoms with Gasteiger partial charge in [-0.2, -0.15) is 0 Å². The van der Waals surface area contributed by atoms with Crippen LogP contribution in [0.25, 0.3) is 0 Å². The van der Waals surface area contributed by atoms with E-state index in [4.69, 9.17) is 11.6 Å². The van der Waals surface area contributed by atoms with Crippen molar-refractivity contribution in [1.29, 1.82) is 0 Å². The Morgan fingerprint density at radius 3 is 3.05 bits per heavy atom. The van der Waals surface area contributed by atoms with E-state index in [-0.39, 0.29) is 41.6 Å². The van der Waals surface area contributed by atoms with Crippen LogP contribution in [-0.4, -0.2) is 29.7 Å². The van der Waals surface area contributed by atoms with E-state index in [0.717, 1.165) is 6.42 Å². The lowest BCUT2D eigenvalue weighted by Gasteiger charge is -2.15. The molecule has 2 fully saturated rings. The first kappa shape index (κ1) is 13.8. The molecule has 6 heteroatoms. The van der Waals surface area contributed by atoms with Crippen molar-refractivity contribution in [2.45, 2.75) is 31.5 Å². The van der Waals surface area contributed by atoms with E-state index in [1.807, 2.05) is 0 Å². The average molecular weight is 299 g/mol. The molecule has 108 valence electrons. The Hall–Kier alpha value is -1.17. The fraction of sp³-hybridized carbons (Fsp3) is 0.500. The van der Waals surface area contributed by atoms with Gasteiger partial charge in [0, 0.05) is 23.6 Å². The summed E-state index contributed by atoms with van der Waals surface area (Å²) in [6.45, 7) is 0.220. The summed E-state index contributed by atoms with van der Waals surface area (Å²) in [6, 6.07) is 4.65. The minimum absolute atomic E-state index is 0.0521. The fourth-order valence-corrected chi connectivity index (χ4v) is 3.11. The summed E-state index contributed by atoms with van der Waals surface area (Å²) in [4.78, 5) is 12.0. The van der Waals surface area contributed by atoms with E-state index < -0.39 is 5.82 Å². The third-order valence-corrected chi connectivity index (χ3v) is 4.61. The summed E-state index contributed by atoms with van der Waals surface area (Å²) >= 11 is 5.69. The van der Waals surface area contributed by atoms with Gasteiger partial charge in [0.25, 0.3) is 0 Å². The molecular formula is C14H16ClFN2O2. The van der Waals surface area contributed by atoms with Gasteiger partial charge in [-0.3, -0.25) is 4.79 Å². The number of piperidine rings is 1. The monoisotopic (exact) mass is 298 g/mol. The van der Waals surface area contributed by atoms with E-state index in [0.29, 0.717) is 12.0 Å². The van der Waals surface area contributed by atoms with Crippen molar-refractivity contribution < 1.29 is 14.3 Å². The molecule has 0 radical (unpaired) electrons. The van der Waals surface area contributed by atoms with Crippen LogP contribution in [0.1, 0.15) is 18.4 Å². The van der Waals surface area contributed by atoms with E-state index in [1.165, 1.54) is 6.07 Å². The third-order valence-electron chi connectivity index (χ3n) is 4.32. The number of carbonyl (C=O) groups is 1. The lowest BCUT2D eigenvalue weighted by molar-refractivity contribution is -0.123. The molecule has 0 spiro atoms. The van der Waals surface area contributed by atoms with Crippen LogP contribution in [-0.2, 0) is 11.3 Å². The predicted octanol–water partition coefficient (Wildman–Crippen LogP) is 1.21. The van der Waals surface area contributed by atoms with Crippen molar-refractivity contribution in [3.63, 3.8) is 0 Å². The second-order valence-corrected chi connectivity index (χ2v) is 6.04. The number of aliphatic hydroxyl groups excluding tert-OH is 1. The molecule has 1 amide bonds. The zero-order valence-electron chi connectivity index (χ0n) is 10.8. The normalized spacial score (nSPS) is 30.9. The van der Waals surface area contributed by atoms with E-state index in [9.17, 15) is 14.3 Å². The second-order valence-electron chi connectivity index (χ2n) is 5.63. The Bertz CT molecular complexity index is 550. The summed E-state index contributed by atoms with van der Waals surface area (Å²) in [6.07, 6.45) is 1.56. The summed E-state index contributed by atoms with van der Waals surface area (Å²) < 4.78 is 13.7. The van der Waals surface area contributed by atoms with Gasteiger partial charge in [0.05, 0.1) is 17.7 Å². The van der Waals surface area contributed by atoms with Crippen molar-refractivity contribution >= 4 is 17.5 Å². The molecular weight excluding hydrogens is 283 g/mol. The van der Waals surface area contributed by atoms with Crippen molar-refractivity contribution in [2.24, 2.45) is 5.41 Å². The van der Waals surface area contributed by atoms with Crippen LogP contribution in [0.2, 0.25) is 5.02 Å². The number of aliphatic hydroxyl groups is 1. The van der Waals surface area contributed by atoms with Gasteiger partial charge in [-0.1, -0.05) is 23.7 Å². The third kappa shape index (κ3) is 2.30. The number of nitrogens with one attached hydrogen (secondary N) is 2. The van der Waals surface area contributed by atoms with Crippen molar-refractivity contribution in [1.82, 2.24) is 10.6 Å². The van der Waals surface area contributed by atoms with Gasteiger partial charge in [-0.15, -0.1) is 0 Å². The highest BCUT2D eigenvalue weighted by Gasteiger charge is 2.61. The Morgan fingerprint density at radius 1 is 1.55 bits per heavy atom. The zero-order chi connectivity index (χ0) is 14.3. The number of carbonyl (C=O) groups excluding carboxylic acids is 1. The molecule has 1 aromatic rings. The molecule has 1 saturated carbocycles. The fourth-order valence-electron chi connectivity index (χ4n) is 2.92. The Morgan fingerprint density at radius 2 is 2.35 bits per heavy atom. The quantitative estimate of drug-likeness (QED) is 0.783. The first-order valence-electron chi connectivity index (χ1n) is 6.63. The Labute approximate surface area is 121 Å². The number of hydrogen-bond donors (Lipinski definition) is 3. The lowest BCUT2D eigenvalue weighted by Crippen LogP contribution is -2.42. The smallest absolute Gasteiger partial charge is 0.237 e. The molecule has 2 aliphatic rings. The van der Waals surface area contributed by atoms with E-state index in [1.54, 1.807) is 12.1 Å². The van der Waals surface area contributed by atoms with Crippen LogP contribution in [0.4, 0.5) is 4.39 Å². The predicted molar refractivity (Wildman–Crippen MR) is 72.7 cm³/mol. The Balaban J connectivity index is 1.57. The number of halogens is 2. The minimum atomic E-state index is -0.497. The van der Waals surface area contributed by atoms with Crippen LogP contribution in [0.3, 0.4) is 0 Å². The maximum absolute atomic E-state index is 13.7. The molecule has 0 aromatic heterocycles. The van der Waals surface area contributed by atoms with Crippen LogP contribution >= 0.6 is 11.6 Å². The largest absolute Gasteiger partial charge is 0.396 e. The molecule has 3 rings (SSSR count). The summed E-state index contributed by atoms with van der Waals surface area (Å²) in [5.41, 5.74) is 0.259. The summed E-state index contributed by atoms with van der Waals surface area (Å²) in [5, 5.41) is 15.3. The van der Waals surface area contributed by atoms with Gasteiger partial charge in [-0.25, -0.2) is 4.39 Å². The summed E-state index contributed by atoms with van der Waals surface area (Å²) in [5.74, 6) is -0.659. The van der Waals surface area contributed by atoms with Crippen LogP contribution in [0.15, 0.2) is 18.2 Å². The van der Waals surface area contributed by atoms with Gasteiger partial charge < -0.3 is 15.7 Å². The molecule has 3 N–H and O–H groups in total. The highest BCUT2D eigenvalue weighted by Crippen LogP contribution is 2.53. The molecule has 1 saturated heterocycles. The van der Waals surface area contributed by atoms with E-state index in [2.05, 4.69) is 10.6 Å². The molecule has 0 bridgehead atoms. The molecule has 1 aromatic carbocycles. The second kappa shape index (κ2) is 4.98. The average Bonchev–Trinajstić information content (AvgIpc) is 3.02. The molecule has 1 aliphatic heterocycles. The standard InChI is InChI=1S/C14H16ClFN2O2/c15-9-3-1-2-8(12(9)16)6-17-13(20)10-4-14(7-19)5-11(14)18-10/h1-3,10-11,18-19H,4-7H2,(H,17,20)/t10-,11?,14?/m0/s1. The van der Waals surface area contributed by atoms with E-state index >= 15 is 0 Å². The minimum Gasteiger partial charge on any atom is -0.396 e. The first-order chi connectivity index (χ1) is 9.55. The van der Waals surface area contributed by atoms with Crippen LogP contribution < -0.4 is 10.6 Å². The molecule has 3 atom stereocenters. The SMILES string of the molecule is O=C(NCc1cccc(Cl)c1F)[C@@H]1CC2(CO)CC2N1. The van der Waals surface area contributed by atoms with Gasteiger partial charge >= 0.3 is 0 Å². The topological polar surface area (TPSA) is 61.4 Å². The van der Waals surface area contributed by atoms with Gasteiger partial charge in [0.1, 0.15) is 5.82 Å². The number of hydrogen-bond acceptors (Lipinski definition) is 3. The lowest BCUT2D eigenvalue weighted by atomic mass is 10.0. The number of rotatable bonds is 4.